The zero-order valence-corrected chi connectivity index (χ0v) is 8.54. The fourth-order valence-electron chi connectivity index (χ4n) is 1.06. The molecule has 2 atom stereocenters. The molecule has 2 N–H and O–H groups in total. The summed E-state index contributed by atoms with van der Waals surface area (Å²) in [4.78, 5) is 0. The third-order valence-electron chi connectivity index (χ3n) is 1.78. The molecule has 0 radical (unpaired) electrons. The van der Waals surface area contributed by atoms with Gasteiger partial charge in [-0.2, -0.15) is 0 Å². The summed E-state index contributed by atoms with van der Waals surface area (Å²) in [6, 6.07) is 0. The van der Waals surface area contributed by atoms with Crippen LogP contribution in [0.5, 0.6) is 0 Å². The van der Waals surface area contributed by atoms with E-state index in [4.69, 9.17) is 15.2 Å². The minimum atomic E-state index is 0.131. The Labute approximate surface area is 75.2 Å². The minimum Gasteiger partial charge on any atom is -0.382 e. The van der Waals surface area contributed by atoms with Crippen molar-refractivity contribution in [3.8, 4) is 0 Å². The molecule has 0 aliphatic rings. The lowest BCUT2D eigenvalue weighted by Gasteiger charge is -2.23. The molecule has 12 heavy (non-hydrogen) atoms. The lowest BCUT2D eigenvalue weighted by atomic mass is 10.1. The first kappa shape index (κ1) is 11.9. The maximum atomic E-state index is 5.65. The zero-order valence-electron chi connectivity index (χ0n) is 8.54. The van der Waals surface area contributed by atoms with E-state index in [1.807, 2.05) is 6.92 Å². The van der Waals surface area contributed by atoms with Crippen LogP contribution in [0, 0.1) is 5.92 Å². The Morgan fingerprint density at radius 2 is 1.83 bits per heavy atom. The second-order valence-corrected chi connectivity index (χ2v) is 3.42. The summed E-state index contributed by atoms with van der Waals surface area (Å²) in [5.74, 6) is 0.467. The van der Waals surface area contributed by atoms with Crippen LogP contribution in [0.3, 0.4) is 0 Å². The average molecular weight is 175 g/mol. The van der Waals surface area contributed by atoms with E-state index in [9.17, 15) is 0 Å². The summed E-state index contributed by atoms with van der Waals surface area (Å²) in [6.45, 7) is 7.41. The van der Waals surface area contributed by atoms with E-state index < -0.39 is 0 Å². The molecule has 3 heteroatoms. The van der Waals surface area contributed by atoms with Gasteiger partial charge in [-0.05, 0) is 12.8 Å². The van der Waals surface area contributed by atoms with Gasteiger partial charge in [-0.25, -0.2) is 0 Å². The van der Waals surface area contributed by atoms with Gasteiger partial charge in [0, 0.05) is 13.7 Å². The third kappa shape index (κ3) is 4.70. The predicted molar refractivity (Wildman–Crippen MR) is 50.1 cm³/mol. The lowest BCUT2D eigenvalue weighted by Crippen LogP contribution is -2.33. The van der Waals surface area contributed by atoms with E-state index >= 15 is 0 Å². The van der Waals surface area contributed by atoms with E-state index in [1.165, 1.54) is 0 Å². The molecule has 0 aromatic heterocycles. The number of methoxy groups -OCH3 is 1. The molecule has 0 aromatic rings. The van der Waals surface area contributed by atoms with Crippen LogP contribution in [-0.2, 0) is 9.47 Å². The Bertz CT molecular complexity index is 107. The van der Waals surface area contributed by atoms with E-state index in [0.717, 1.165) is 0 Å². The summed E-state index contributed by atoms with van der Waals surface area (Å²) in [7, 11) is 1.67. The highest BCUT2D eigenvalue weighted by Gasteiger charge is 2.14. The molecule has 74 valence electrons. The monoisotopic (exact) mass is 175 g/mol. The van der Waals surface area contributed by atoms with Gasteiger partial charge in [-0.1, -0.05) is 13.8 Å². The second-order valence-electron chi connectivity index (χ2n) is 3.42. The molecule has 0 saturated carbocycles. The van der Waals surface area contributed by atoms with Crippen molar-refractivity contribution in [3.63, 3.8) is 0 Å². The molecule has 0 aliphatic heterocycles. The van der Waals surface area contributed by atoms with Crippen LogP contribution in [-0.4, -0.2) is 32.5 Å². The molecule has 0 heterocycles. The van der Waals surface area contributed by atoms with Gasteiger partial charge in [0.25, 0.3) is 0 Å². The van der Waals surface area contributed by atoms with Gasteiger partial charge in [0.2, 0.25) is 0 Å². The van der Waals surface area contributed by atoms with Crippen molar-refractivity contribution in [2.75, 3.05) is 20.3 Å². The quantitative estimate of drug-likeness (QED) is 0.655. The van der Waals surface area contributed by atoms with Crippen molar-refractivity contribution in [1.82, 2.24) is 0 Å². The normalized spacial score (nSPS) is 16.5. The predicted octanol–water partition coefficient (Wildman–Crippen LogP) is 1.02. The van der Waals surface area contributed by atoms with Crippen molar-refractivity contribution in [2.24, 2.45) is 11.7 Å². The molecule has 0 saturated heterocycles. The molecule has 0 fully saturated rings. The molecule has 3 nitrogen and oxygen atoms in total. The van der Waals surface area contributed by atoms with Crippen molar-refractivity contribution in [1.29, 1.82) is 0 Å². The van der Waals surface area contributed by atoms with Crippen LogP contribution >= 0.6 is 0 Å². The Morgan fingerprint density at radius 3 is 2.17 bits per heavy atom. The maximum absolute atomic E-state index is 5.65. The summed E-state index contributed by atoms with van der Waals surface area (Å²) >= 11 is 0. The number of nitrogens with two attached hydrogens (primary N) is 1. The SMILES string of the molecule is COCC(C)OC(CN)C(C)C. The first-order valence-electron chi connectivity index (χ1n) is 4.46. The summed E-state index contributed by atoms with van der Waals surface area (Å²) in [6.07, 6.45) is 0.279. The fraction of sp³-hybridized carbons (Fsp3) is 1.00. The molecule has 0 bridgehead atoms. The number of rotatable bonds is 6. The standard InChI is InChI=1S/C9H21NO2/c1-7(2)9(5-10)12-8(3)6-11-4/h7-9H,5-6,10H2,1-4H3. The minimum absolute atomic E-state index is 0.131. The Hall–Kier alpha value is -0.120. The van der Waals surface area contributed by atoms with Crippen LogP contribution < -0.4 is 5.73 Å². The Kier molecular flexibility index (Phi) is 6.34. The fourth-order valence-corrected chi connectivity index (χ4v) is 1.06. The van der Waals surface area contributed by atoms with Crippen molar-refractivity contribution in [2.45, 2.75) is 33.0 Å². The smallest absolute Gasteiger partial charge is 0.0784 e. The highest BCUT2D eigenvalue weighted by molar-refractivity contribution is 4.64. The number of ether oxygens (including phenoxy) is 2. The highest BCUT2D eigenvalue weighted by atomic mass is 16.5. The topological polar surface area (TPSA) is 44.5 Å². The molecule has 0 amide bonds. The van der Waals surface area contributed by atoms with E-state index in [0.29, 0.717) is 19.1 Å². The largest absolute Gasteiger partial charge is 0.382 e. The Balaban J connectivity index is 3.69. The van der Waals surface area contributed by atoms with E-state index in [-0.39, 0.29) is 12.2 Å². The maximum Gasteiger partial charge on any atom is 0.0784 e. The summed E-state index contributed by atoms with van der Waals surface area (Å²) in [5, 5.41) is 0. The van der Waals surface area contributed by atoms with Crippen LogP contribution in [0.4, 0.5) is 0 Å². The number of hydrogen-bond acceptors (Lipinski definition) is 3. The van der Waals surface area contributed by atoms with Gasteiger partial charge in [-0.3, -0.25) is 0 Å². The van der Waals surface area contributed by atoms with Crippen molar-refractivity contribution < 1.29 is 9.47 Å². The van der Waals surface area contributed by atoms with Gasteiger partial charge in [0.1, 0.15) is 0 Å². The average Bonchev–Trinajstić information content (AvgIpc) is 2.00. The van der Waals surface area contributed by atoms with E-state index in [2.05, 4.69) is 13.8 Å². The van der Waals surface area contributed by atoms with E-state index in [1.54, 1.807) is 7.11 Å². The van der Waals surface area contributed by atoms with Gasteiger partial charge in [-0.15, -0.1) is 0 Å². The Morgan fingerprint density at radius 1 is 1.25 bits per heavy atom. The van der Waals surface area contributed by atoms with Crippen LogP contribution in [0.1, 0.15) is 20.8 Å². The lowest BCUT2D eigenvalue weighted by molar-refractivity contribution is -0.0523. The second kappa shape index (κ2) is 6.40. The van der Waals surface area contributed by atoms with Crippen LogP contribution in [0.2, 0.25) is 0 Å². The zero-order chi connectivity index (χ0) is 9.56. The van der Waals surface area contributed by atoms with Gasteiger partial charge in [0.05, 0.1) is 18.8 Å². The first-order valence-corrected chi connectivity index (χ1v) is 4.46. The molecule has 0 aromatic carbocycles. The summed E-state index contributed by atoms with van der Waals surface area (Å²) in [5.41, 5.74) is 5.55. The van der Waals surface area contributed by atoms with Crippen LogP contribution in [0.15, 0.2) is 0 Å². The number of hydrogen-bond donors (Lipinski definition) is 1. The third-order valence-corrected chi connectivity index (χ3v) is 1.78. The van der Waals surface area contributed by atoms with Gasteiger partial charge < -0.3 is 15.2 Å². The molecule has 0 rings (SSSR count). The van der Waals surface area contributed by atoms with Crippen molar-refractivity contribution >= 4 is 0 Å². The molecule has 2 unspecified atom stereocenters. The highest BCUT2D eigenvalue weighted by Crippen LogP contribution is 2.07. The van der Waals surface area contributed by atoms with Gasteiger partial charge in [0.15, 0.2) is 0 Å². The van der Waals surface area contributed by atoms with Crippen molar-refractivity contribution in [3.05, 3.63) is 0 Å². The first-order chi connectivity index (χ1) is 5.61. The molecular formula is C9H21NO2. The van der Waals surface area contributed by atoms with Crippen LogP contribution in [0.25, 0.3) is 0 Å². The molecule has 0 spiro atoms. The summed E-state index contributed by atoms with van der Waals surface area (Å²) < 4.78 is 10.6. The molecular weight excluding hydrogens is 154 g/mol. The molecule has 0 aliphatic carbocycles. The van der Waals surface area contributed by atoms with Gasteiger partial charge >= 0.3 is 0 Å².